The molecule has 2 atom stereocenters. The highest BCUT2D eigenvalue weighted by Gasteiger charge is 2.38. The van der Waals surface area contributed by atoms with Crippen LogP contribution in [0.15, 0.2) is 54.6 Å². The third kappa shape index (κ3) is 3.54. The molecule has 0 aliphatic carbocycles. The fourth-order valence-electron chi connectivity index (χ4n) is 3.06. The van der Waals surface area contributed by atoms with Crippen LogP contribution < -0.4 is 4.74 Å². The first-order valence-corrected chi connectivity index (χ1v) is 7.82. The van der Waals surface area contributed by atoms with Crippen LogP contribution in [-0.4, -0.2) is 35.2 Å². The van der Waals surface area contributed by atoms with Crippen molar-refractivity contribution in [2.24, 2.45) is 0 Å². The van der Waals surface area contributed by atoms with Gasteiger partial charge in [-0.25, -0.2) is 0 Å². The summed E-state index contributed by atoms with van der Waals surface area (Å²) in [5, 5.41) is 10.3. The van der Waals surface area contributed by atoms with E-state index in [1.165, 1.54) is 0 Å². The Morgan fingerprint density at radius 2 is 1.78 bits per heavy atom. The van der Waals surface area contributed by atoms with Gasteiger partial charge in [0.1, 0.15) is 5.75 Å². The lowest BCUT2D eigenvalue weighted by Gasteiger charge is -2.26. The summed E-state index contributed by atoms with van der Waals surface area (Å²) < 4.78 is 5.16. The van der Waals surface area contributed by atoms with Crippen molar-refractivity contribution in [1.29, 1.82) is 0 Å². The van der Waals surface area contributed by atoms with Crippen molar-refractivity contribution in [3.05, 3.63) is 65.7 Å². The second-order valence-electron chi connectivity index (χ2n) is 5.90. The molecule has 0 saturated carbocycles. The highest BCUT2D eigenvalue weighted by Crippen LogP contribution is 2.25. The van der Waals surface area contributed by atoms with Crippen LogP contribution in [0.4, 0.5) is 0 Å². The van der Waals surface area contributed by atoms with Crippen molar-refractivity contribution >= 4 is 5.91 Å². The molecule has 0 bridgehead atoms. The summed E-state index contributed by atoms with van der Waals surface area (Å²) in [7, 11) is 1.63. The van der Waals surface area contributed by atoms with Gasteiger partial charge < -0.3 is 14.7 Å². The third-order valence-corrected chi connectivity index (χ3v) is 4.35. The maximum Gasteiger partial charge on any atom is 0.225 e. The van der Waals surface area contributed by atoms with E-state index >= 15 is 0 Å². The molecule has 2 aromatic rings. The molecule has 1 fully saturated rings. The second kappa shape index (κ2) is 6.84. The summed E-state index contributed by atoms with van der Waals surface area (Å²) in [5.41, 5.74) is 2.16. The van der Waals surface area contributed by atoms with E-state index in [2.05, 4.69) is 0 Å². The topological polar surface area (TPSA) is 49.8 Å². The maximum atomic E-state index is 12.3. The Morgan fingerprint density at radius 1 is 1.09 bits per heavy atom. The van der Waals surface area contributed by atoms with Gasteiger partial charge in [-0.05, 0) is 29.7 Å². The molecule has 23 heavy (non-hydrogen) atoms. The minimum absolute atomic E-state index is 0.00856. The first kappa shape index (κ1) is 15.6. The summed E-state index contributed by atoms with van der Waals surface area (Å²) in [6, 6.07) is 17.5. The first-order chi connectivity index (χ1) is 11.2. The number of hydrogen-bond donors (Lipinski definition) is 1. The van der Waals surface area contributed by atoms with E-state index in [1.54, 1.807) is 12.0 Å². The van der Waals surface area contributed by atoms with E-state index in [1.807, 2.05) is 54.6 Å². The molecule has 1 heterocycles. The predicted molar refractivity (Wildman–Crippen MR) is 88.1 cm³/mol. The normalized spacial score (nSPS) is 20.8. The molecule has 1 aliphatic heterocycles. The number of likely N-dealkylation sites (tertiary alicyclic amines) is 1. The monoisotopic (exact) mass is 311 g/mol. The Morgan fingerprint density at radius 3 is 2.43 bits per heavy atom. The lowest BCUT2D eigenvalue weighted by atomic mass is 10.0. The average molecular weight is 311 g/mol. The molecule has 0 unspecified atom stereocenters. The van der Waals surface area contributed by atoms with E-state index in [9.17, 15) is 9.90 Å². The van der Waals surface area contributed by atoms with Gasteiger partial charge in [0.05, 0.1) is 25.7 Å². The number of carbonyl (C=O) groups is 1. The summed E-state index contributed by atoms with van der Waals surface area (Å²) in [4.78, 5) is 14.0. The molecule has 3 rings (SSSR count). The SMILES string of the molecule is COc1ccc(CN2C(=O)C[C@H](O)[C@@H]2Cc2ccccc2)cc1. The van der Waals surface area contributed by atoms with Crippen molar-refractivity contribution < 1.29 is 14.6 Å². The minimum atomic E-state index is -0.610. The van der Waals surface area contributed by atoms with Crippen LogP contribution in [0.25, 0.3) is 0 Å². The van der Waals surface area contributed by atoms with E-state index in [4.69, 9.17) is 4.74 Å². The zero-order chi connectivity index (χ0) is 16.2. The Hall–Kier alpha value is -2.33. The summed E-state index contributed by atoms with van der Waals surface area (Å²) in [6.45, 7) is 0.511. The van der Waals surface area contributed by atoms with Crippen LogP contribution in [0, 0.1) is 0 Å². The van der Waals surface area contributed by atoms with E-state index in [-0.39, 0.29) is 18.4 Å². The van der Waals surface area contributed by atoms with Gasteiger partial charge in [-0.1, -0.05) is 42.5 Å². The molecule has 1 saturated heterocycles. The van der Waals surface area contributed by atoms with Gasteiger partial charge in [0, 0.05) is 6.54 Å². The number of ether oxygens (including phenoxy) is 1. The van der Waals surface area contributed by atoms with Crippen molar-refractivity contribution in [1.82, 2.24) is 4.90 Å². The minimum Gasteiger partial charge on any atom is -0.497 e. The molecule has 1 N–H and O–H groups in total. The van der Waals surface area contributed by atoms with Crippen molar-refractivity contribution in [3.63, 3.8) is 0 Å². The number of aliphatic hydroxyl groups is 1. The van der Waals surface area contributed by atoms with Gasteiger partial charge in [-0.2, -0.15) is 0 Å². The van der Waals surface area contributed by atoms with Gasteiger partial charge in [0.2, 0.25) is 5.91 Å². The quantitative estimate of drug-likeness (QED) is 0.922. The predicted octanol–water partition coefficient (Wildman–Crippen LogP) is 2.40. The lowest BCUT2D eigenvalue weighted by molar-refractivity contribution is -0.129. The molecule has 4 heteroatoms. The van der Waals surface area contributed by atoms with Crippen LogP contribution in [0.5, 0.6) is 5.75 Å². The van der Waals surface area contributed by atoms with Gasteiger partial charge in [-0.15, -0.1) is 0 Å². The van der Waals surface area contributed by atoms with Crippen molar-refractivity contribution in [2.45, 2.75) is 31.5 Å². The summed E-state index contributed by atoms with van der Waals surface area (Å²) in [6.07, 6.45) is 0.262. The number of carbonyl (C=O) groups excluding carboxylic acids is 1. The molecular weight excluding hydrogens is 290 g/mol. The largest absolute Gasteiger partial charge is 0.497 e. The number of methoxy groups -OCH3 is 1. The highest BCUT2D eigenvalue weighted by molar-refractivity contribution is 5.79. The molecule has 0 radical (unpaired) electrons. The molecular formula is C19H21NO3. The zero-order valence-electron chi connectivity index (χ0n) is 13.2. The van der Waals surface area contributed by atoms with Gasteiger partial charge in [-0.3, -0.25) is 4.79 Å². The number of aliphatic hydroxyl groups excluding tert-OH is 1. The van der Waals surface area contributed by atoms with E-state index in [0.29, 0.717) is 13.0 Å². The summed E-state index contributed by atoms with van der Waals surface area (Å²) >= 11 is 0. The maximum absolute atomic E-state index is 12.3. The molecule has 120 valence electrons. The van der Waals surface area contributed by atoms with Crippen LogP contribution in [0.1, 0.15) is 17.5 Å². The highest BCUT2D eigenvalue weighted by atomic mass is 16.5. The number of nitrogens with zero attached hydrogens (tertiary/aromatic N) is 1. The first-order valence-electron chi connectivity index (χ1n) is 7.82. The van der Waals surface area contributed by atoms with E-state index in [0.717, 1.165) is 16.9 Å². The number of rotatable bonds is 5. The van der Waals surface area contributed by atoms with Crippen LogP contribution in [-0.2, 0) is 17.8 Å². The third-order valence-electron chi connectivity index (χ3n) is 4.35. The van der Waals surface area contributed by atoms with Gasteiger partial charge >= 0.3 is 0 Å². The fourth-order valence-corrected chi connectivity index (χ4v) is 3.06. The fraction of sp³-hybridized carbons (Fsp3) is 0.316. The van der Waals surface area contributed by atoms with Gasteiger partial charge in [0.25, 0.3) is 0 Å². The molecule has 0 aromatic heterocycles. The number of benzene rings is 2. The number of hydrogen-bond acceptors (Lipinski definition) is 3. The van der Waals surface area contributed by atoms with E-state index < -0.39 is 6.10 Å². The smallest absolute Gasteiger partial charge is 0.225 e. The molecule has 0 spiro atoms. The Labute approximate surface area is 136 Å². The molecule has 1 amide bonds. The standard InChI is InChI=1S/C19H21NO3/c1-23-16-9-7-15(8-10-16)13-20-17(18(21)12-19(20)22)11-14-5-3-2-4-6-14/h2-10,17-18,21H,11-13H2,1H3/t17-,18-/m0/s1. The summed E-state index contributed by atoms with van der Waals surface area (Å²) in [5.74, 6) is 0.802. The van der Waals surface area contributed by atoms with Crippen molar-refractivity contribution in [2.75, 3.05) is 7.11 Å². The average Bonchev–Trinajstić information content (AvgIpc) is 2.83. The molecule has 2 aromatic carbocycles. The second-order valence-corrected chi connectivity index (χ2v) is 5.90. The van der Waals surface area contributed by atoms with Crippen LogP contribution in [0.3, 0.4) is 0 Å². The lowest BCUT2D eigenvalue weighted by Crippen LogP contribution is -2.38. The van der Waals surface area contributed by atoms with Crippen LogP contribution >= 0.6 is 0 Å². The zero-order valence-corrected chi connectivity index (χ0v) is 13.2. The van der Waals surface area contributed by atoms with Crippen molar-refractivity contribution in [3.8, 4) is 5.75 Å². The van der Waals surface area contributed by atoms with Gasteiger partial charge in [0.15, 0.2) is 0 Å². The molecule has 4 nitrogen and oxygen atoms in total. The Bertz CT molecular complexity index is 654. The molecule has 1 aliphatic rings. The Kier molecular flexibility index (Phi) is 4.63. The Balaban J connectivity index is 1.75. The number of amides is 1. The van der Waals surface area contributed by atoms with Crippen LogP contribution in [0.2, 0.25) is 0 Å².